The van der Waals surface area contributed by atoms with E-state index in [4.69, 9.17) is 4.42 Å². The van der Waals surface area contributed by atoms with Crippen molar-refractivity contribution >= 4 is 39.6 Å². The molecule has 3 N–H and O–H groups in total. The van der Waals surface area contributed by atoms with Crippen molar-refractivity contribution in [1.82, 2.24) is 10.7 Å². The summed E-state index contributed by atoms with van der Waals surface area (Å²) in [7, 11) is 0. The molecular formula is C17H17BrN4O3. The molecule has 0 atom stereocenters. The minimum atomic E-state index is -0.775. The number of hydrogen-bond acceptors (Lipinski definition) is 5. The van der Waals surface area contributed by atoms with Crippen molar-refractivity contribution in [3.63, 3.8) is 0 Å². The van der Waals surface area contributed by atoms with Crippen molar-refractivity contribution in [2.24, 2.45) is 5.10 Å². The summed E-state index contributed by atoms with van der Waals surface area (Å²) in [5.74, 6) is -0.635. The van der Waals surface area contributed by atoms with Gasteiger partial charge in [-0.05, 0) is 43.2 Å². The molecule has 0 aliphatic heterocycles. The van der Waals surface area contributed by atoms with Crippen molar-refractivity contribution in [2.75, 3.05) is 5.32 Å². The number of anilines is 1. The minimum Gasteiger partial charge on any atom is -0.467 e. The van der Waals surface area contributed by atoms with Gasteiger partial charge in [-0.1, -0.05) is 15.9 Å². The molecule has 25 heavy (non-hydrogen) atoms. The lowest BCUT2D eigenvalue weighted by Gasteiger charge is -2.09. The molecule has 130 valence electrons. The van der Waals surface area contributed by atoms with E-state index >= 15 is 0 Å². The number of hydrogen-bond donors (Lipinski definition) is 3. The SMILES string of the molecule is O=C(N/N=C\c1cc(Br)ccc1NCc1ccco1)C(=O)NC1CC1. The summed E-state index contributed by atoms with van der Waals surface area (Å²) in [6.07, 6.45) is 4.94. The molecule has 0 saturated heterocycles. The number of carbonyl (C=O) groups is 2. The fourth-order valence-electron chi connectivity index (χ4n) is 2.09. The molecule has 1 aromatic heterocycles. The van der Waals surface area contributed by atoms with Gasteiger partial charge in [0, 0.05) is 21.8 Å². The first-order valence-electron chi connectivity index (χ1n) is 7.81. The second kappa shape index (κ2) is 7.98. The summed E-state index contributed by atoms with van der Waals surface area (Å²) in [6, 6.07) is 9.45. The van der Waals surface area contributed by atoms with Gasteiger partial charge in [0.25, 0.3) is 0 Å². The van der Waals surface area contributed by atoms with Crippen LogP contribution in [-0.2, 0) is 16.1 Å². The van der Waals surface area contributed by atoms with E-state index in [1.165, 1.54) is 6.21 Å². The lowest BCUT2D eigenvalue weighted by molar-refractivity contribution is -0.139. The molecule has 0 bridgehead atoms. The highest BCUT2D eigenvalue weighted by molar-refractivity contribution is 9.10. The maximum Gasteiger partial charge on any atom is 0.329 e. The smallest absolute Gasteiger partial charge is 0.329 e. The first kappa shape index (κ1) is 17.2. The number of nitrogens with zero attached hydrogens (tertiary/aromatic N) is 1. The normalized spacial score (nSPS) is 13.6. The Morgan fingerprint density at radius 3 is 2.84 bits per heavy atom. The van der Waals surface area contributed by atoms with Crippen LogP contribution in [0.25, 0.3) is 0 Å². The third-order valence-corrected chi connectivity index (χ3v) is 4.03. The van der Waals surface area contributed by atoms with E-state index in [0.717, 1.165) is 34.3 Å². The molecule has 1 fully saturated rings. The molecule has 1 aromatic carbocycles. The maximum atomic E-state index is 11.7. The zero-order valence-corrected chi connectivity index (χ0v) is 14.9. The number of amides is 2. The van der Waals surface area contributed by atoms with E-state index in [-0.39, 0.29) is 6.04 Å². The summed E-state index contributed by atoms with van der Waals surface area (Å²) in [5.41, 5.74) is 3.81. The zero-order valence-electron chi connectivity index (χ0n) is 13.3. The van der Waals surface area contributed by atoms with Gasteiger partial charge < -0.3 is 15.1 Å². The highest BCUT2D eigenvalue weighted by Gasteiger charge is 2.26. The second-order valence-electron chi connectivity index (χ2n) is 5.61. The number of carbonyl (C=O) groups excluding carboxylic acids is 2. The molecule has 2 amide bonds. The first-order valence-corrected chi connectivity index (χ1v) is 8.61. The largest absolute Gasteiger partial charge is 0.467 e. The second-order valence-corrected chi connectivity index (χ2v) is 6.53. The molecule has 1 aliphatic rings. The number of benzene rings is 1. The predicted molar refractivity (Wildman–Crippen MR) is 97.1 cm³/mol. The van der Waals surface area contributed by atoms with Crippen molar-refractivity contribution in [1.29, 1.82) is 0 Å². The number of nitrogens with one attached hydrogen (secondary N) is 3. The Kier molecular flexibility index (Phi) is 5.49. The summed E-state index contributed by atoms with van der Waals surface area (Å²) in [5, 5.41) is 9.71. The van der Waals surface area contributed by atoms with E-state index in [2.05, 4.69) is 37.1 Å². The van der Waals surface area contributed by atoms with E-state index in [1.54, 1.807) is 6.26 Å². The van der Waals surface area contributed by atoms with Crippen LogP contribution in [0.1, 0.15) is 24.2 Å². The summed E-state index contributed by atoms with van der Waals surface area (Å²) in [6.45, 7) is 0.519. The average Bonchev–Trinajstić information content (AvgIpc) is 3.25. The van der Waals surface area contributed by atoms with Crippen molar-refractivity contribution in [3.05, 3.63) is 52.4 Å². The molecule has 7 nitrogen and oxygen atoms in total. The fraction of sp³-hybridized carbons (Fsp3) is 0.235. The molecule has 8 heteroatoms. The molecule has 1 heterocycles. The topological polar surface area (TPSA) is 95.7 Å². The number of rotatable bonds is 6. The summed E-state index contributed by atoms with van der Waals surface area (Å²) in [4.78, 5) is 23.2. The van der Waals surface area contributed by atoms with E-state index in [0.29, 0.717) is 6.54 Å². The molecule has 2 aromatic rings. The van der Waals surface area contributed by atoms with Crippen LogP contribution in [0.15, 0.2) is 50.6 Å². The van der Waals surface area contributed by atoms with Crippen molar-refractivity contribution < 1.29 is 14.0 Å². The summed E-state index contributed by atoms with van der Waals surface area (Å²) < 4.78 is 6.16. The average molecular weight is 405 g/mol. The van der Waals surface area contributed by atoms with Crippen LogP contribution in [0.4, 0.5) is 5.69 Å². The van der Waals surface area contributed by atoms with Gasteiger partial charge >= 0.3 is 11.8 Å². The minimum absolute atomic E-state index is 0.129. The lowest BCUT2D eigenvalue weighted by Crippen LogP contribution is -2.38. The quantitative estimate of drug-likeness (QED) is 0.391. The van der Waals surface area contributed by atoms with Crippen LogP contribution >= 0.6 is 15.9 Å². The Morgan fingerprint density at radius 1 is 1.28 bits per heavy atom. The van der Waals surface area contributed by atoms with Crippen molar-refractivity contribution in [2.45, 2.75) is 25.4 Å². The van der Waals surface area contributed by atoms with Gasteiger partial charge in [-0.2, -0.15) is 5.10 Å². The van der Waals surface area contributed by atoms with Crippen LogP contribution in [0.5, 0.6) is 0 Å². The Hall–Kier alpha value is -2.61. The van der Waals surface area contributed by atoms with Crippen LogP contribution in [0.2, 0.25) is 0 Å². The van der Waals surface area contributed by atoms with Crippen LogP contribution < -0.4 is 16.1 Å². The molecule has 1 saturated carbocycles. The van der Waals surface area contributed by atoms with E-state index in [1.807, 2.05) is 30.3 Å². The molecule has 0 radical (unpaired) electrons. The Morgan fingerprint density at radius 2 is 2.12 bits per heavy atom. The van der Waals surface area contributed by atoms with E-state index in [9.17, 15) is 9.59 Å². The highest BCUT2D eigenvalue weighted by atomic mass is 79.9. The number of hydrazone groups is 1. The Labute approximate surface area is 153 Å². The standard InChI is InChI=1S/C17H17BrN4O3/c18-12-3-6-15(19-10-14-2-1-7-25-14)11(8-12)9-20-22-17(24)16(23)21-13-4-5-13/h1-3,6-9,13,19H,4-5,10H2,(H,21,23)(H,22,24)/b20-9-. The first-order chi connectivity index (χ1) is 12.1. The van der Waals surface area contributed by atoms with Gasteiger partial charge in [-0.25, -0.2) is 5.43 Å². The van der Waals surface area contributed by atoms with Gasteiger partial charge in [0.15, 0.2) is 0 Å². The highest BCUT2D eigenvalue weighted by Crippen LogP contribution is 2.20. The van der Waals surface area contributed by atoms with Crippen molar-refractivity contribution in [3.8, 4) is 0 Å². The van der Waals surface area contributed by atoms with E-state index < -0.39 is 11.8 Å². The summed E-state index contributed by atoms with van der Waals surface area (Å²) >= 11 is 3.40. The molecule has 0 spiro atoms. The third kappa shape index (κ3) is 5.18. The van der Waals surface area contributed by atoms with Crippen LogP contribution in [-0.4, -0.2) is 24.1 Å². The molecular weight excluding hydrogens is 388 g/mol. The number of furan rings is 1. The number of halogens is 1. The van der Waals surface area contributed by atoms with Gasteiger partial charge in [0.2, 0.25) is 0 Å². The third-order valence-electron chi connectivity index (χ3n) is 3.54. The zero-order chi connectivity index (χ0) is 17.6. The fourth-order valence-corrected chi connectivity index (χ4v) is 2.47. The molecule has 0 unspecified atom stereocenters. The lowest BCUT2D eigenvalue weighted by atomic mass is 10.2. The Bertz CT molecular complexity index is 785. The Balaban J connectivity index is 1.60. The van der Waals surface area contributed by atoms with Gasteiger partial charge in [-0.3, -0.25) is 9.59 Å². The van der Waals surface area contributed by atoms with Gasteiger partial charge in [0.05, 0.1) is 19.0 Å². The van der Waals surface area contributed by atoms with Gasteiger partial charge in [-0.15, -0.1) is 0 Å². The monoisotopic (exact) mass is 404 g/mol. The molecule has 3 rings (SSSR count). The van der Waals surface area contributed by atoms with Crippen LogP contribution in [0.3, 0.4) is 0 Å². The van der Waals surface area contributed by atoms with Gasteiger partial charge in [0.1, 0.15) is 5.76 Å². The van der Waals surface area contributed by atoms with Crippen LogP contribution in [0, 0.1) is 0 Å². The predicted octanol–water partition coefficient (Wildman–Crippen LogP) is 2.38. The molecule has 1 aliphatic carbocycles. The maximum absolute atomic E-state index is 11.7.